The molecule has 2 nitrogen and oxygen atoms in total. The Balaban J connectivity index is 1.73. The summed E-state index contributed by atoms with van der Waals surface area (Å²) >= 11 is 1.72. The van der Waals surface area contributed by atoms with Crippen molar-refractivity contribution < 1.29 is 4.79 Å². The summed E-state index contributed by atoms with van der Waals surface area (Å²) in [5, 5.41) is 0. The number of hydrogen-bond acceptors (Lipinski definition) is 2. The second-order valence-electron chi connectivity index (χ2n) is 5.57. The van der Waals surface area contributed by atoms with Gasteiger partial charge in [-0.3, -0.25) is 4.79 Å². The van der Waals surface area contributed by atoms with Crippen LogP contribution < -0.4 is 0 Å². The molecule has 1 amide bonds. The van der Waals surface area contributed by atoms with E-state index >= 15 is 0 Å². The number of hydrogen-bond donors (Lipinski definition) is 0. The van der Waals surface area contributed by atoms with Crippen LogP contribution in [0.25, 0.3) is 0 Å². The van der Waals surface area contributed by atoms with E-state index in [9.17, 15) is 4.79 Å². The highest BCUT2D eigenvalue weighted by Gasteiger charge is 2.20. The summed E-state index contributed by atoms with van der Waals surface area (Å²) in [5.41, 5.74) is 2.59. The standard InChI is InChI=1S/C16H23NOS/c1-13-5-7-15(8-6-13)11-19-12-16(18)17-9-3-4-14(2)10-17/h5-8,14H,3-4,9-12H2,1-2H3. The van der Waals surface area contributed by atoms with Gasteiger partial charge in [-0.05, 0) is 31.2 Å². The Morgan fingerprint density at radius 1 is 1.37 bits per heavy atom. The Labute approximate surface area is 120 Å². The van der Waals surface area contributed by atoms with Crippen molar-refractivity contribution >= 4 is 17.7 Å². The lowest BCUT2D eigenvalue weighted by Gasteiger charge is -2.30. The second kappa shape index (κ2) is 6.99. The average molecular weight is 277 g/mol. The van der Waals surface area contributed by atoms with Crippen molar-refractivity contribution in [3.05, 3.63) is 35.4 Å². The molecule has 0 aromatic heterocycles. The van der Waals surface area contributed by atoms with Gasteiger partial charge in [0, 0.05) is 18.8 Å². The summed E-state index contributed by atoms with van der Waals surface area (Å²) in [7, 11) is 0. The molecule has 0 bridgehead atoms. The maximum atomic E-state index is 12.1. The predicted molar refractivity (Wildman–Crippen MR) is 82.3 cm³/mol. The van der Waals surface area contributed by atoms with Crippen LogP contribution in [-0.4, -0.2) is 29.6 Å². The zero-order chi connectivity index (χ0) is 13.7. The van der Waals surface area contributed by atoms with Crippen LogP contribution in [0.3, 0.4) is 0 Å². The van der Waals surface area contributed by atoms with Crippen molar-refractivity contribution in [3.63, 3.8) is 0 Å². The lowest BCUT2D eigenvalue weighted by Crippen LogP contribution is -2.40. The van der Waals surface area contributed by atoms with Crippen molar-refractivity contribution in [1.29, 1.82) is 0 Å². The molecule has 3 heteroatoms. The molecule has 1 aromatic rings. The van der Waals surface area contributed by atoms with E-state index in [1.54, 1.807) is 11.8 Å². The molecule has 0 N–H and O–H groups in total. The number of carbonyl (C=O) groups is 1. The molecule has 0 spiro atoms. The number of piperidine rings is 1. The van der Waals surface area contributed by atoms with Gasteiger partial charge in [0.1, 0.15) is 0 Å². The number of likely N-dealkylation sites (tertiary alicyclic amines) is 1. The minimum atomic E-state index is 0.309. The molecule has 2 rings (SSSR count). The van der Waals surface area contributed by atoms with Crippen LogP contribution in [0.4, 0.5) is 0 Å². The predicted octanol–water partition coefficient (Wildman–Crippen LogP) is 3.49. The fourth-order valence-electron chi connectivity index (χ4n) is 2.45. The van der Waals surface area contributed by atoms with Crippen LogP contribution in [0, 0.1) is 12.8 Å². The quantitative estimate of drug-likeness (QED) is 0.839. The van der Waals surface area contributed by atoms with Gasteiger partial charge in [-0.2, -0.15) is 0 Å². The topological polar surface area (TPSA) is 20.3 Å². The molecule has 1 aromatic carbocycles. The van der Waals surface area contributed by atoms with E-state index in [0.29, 0.717) is 17.6 Å². The molecular weight excluding hydrogens is 254 g/mol. The lowest BCUT2D eigenvalue weighted by molar-refractivity contribution is -0.130. The van der Waals surface area contributed by atoms with Crippen LogP contribution >= 0.6 is 11.8 Å². The average Bonchev–Trinajstić information content (AvgIpc) is 2.41. The van der Waals surface area contributed by atoms with E-state index in [0.717, 1.165) is 25.3 Å². The molecule has 1 atom stereocenters. The molecule has 1 unspecified atom stereocenters. The van der Waals surface area contributed by atoms with E-state index in [-0.39, 0.29) is 0 Å². The first kappa shape index (κ1) is 14.4. The van der Waals surface area contributed by atoms with Crippen LogP contribution in [0.1, 0.15) is 30.9 Å². The first-order valence-corrected chi connectivity index (χ1v) is 8.21. The largest absolute Gasteiger partial charge is 0.342 e. The Bertz CT molecular complexity index is 415. The number of rotatable bonds is 4. The van der Waals surface area contributed by atoms with Crippen LogP contribution in [0.5, 0.6) is 0 Å². The smallest absolute Gasteiger partial charge is 0.232 e. The summed E-state index contributed by atoms with van der Waals surface area (Å²) < 4.78 is 0. The van der Waals surface area contributed by atoms with Gasteiger partial charge in [0.2, 0.25) is 5.91 Å². The third-order valence-corrected chi connectivity index (χ3v) is 4.61. The number of benzene rings is 1. The zero-order valence-electron chi connectivity index (χ0n) is 11.9. The SMILES string of the molecule is Cc1ccc(CSCC(=O)N2CCCC(C)C2)cc1. The van der Waals surface area contributed by atoms with Gasteiger partial charge >= 0.3 is 0 Å². The van der Waals surface area contributed by atoms with Crippen molar-refractivity contribution in [2.45, 2.75) is 32.4 Å². The molecule has 0 aliphatic carbocycles. The minimum absolute atomic E-state index is 0.309. The van der Waals surface area contributed by atoms with Gasteiger partial charge in [0.25, 0.3) is 0 Å². The Hall–Kier alpha value is -0.960. The van der Waals surface area contributed by atoms with E-state index < -0.39 is 0 Å². The van der Waals surface area contributed by atoms with Crippen molar-refractivity contribution in [2.24, 2.45) is 5.92 Å². The van der Waals surface area contributed by atoms with Gasteiger partial charge in [0.05, 0.1) is 5.75 Å². The summed E-state index contributed by atoms with van der Waals surface area (Å²) in [6.45, 7) is 6.23. The third kappa shape index (κ3) is 4.57. The molecule has 1 aliphatic rings. The van der Waals surface area contributed by atoms with Gasteiger partial charge in [-0.25, -0.2) is 0 Å². The fraction of sp³-hybridized carbons (Fsp3) is 0.562. The van der Waals surface area contributed by atoms with Crippen molar-refractivity contribution in [1.82, 2.24) is 4.90 Å². The Morgan fingerprint density at radius 3 is 2.79 bits per heavy atom. The summed E-state index contributed by atoms with van der Waals surface area (Å²) in [6, 6.07) is 8.56. The van der Waals surface area contributed by atoms with Crippen LogP contribution in [0.2, 0.25) is 0 Å². The van der Waals surface area contributed by atoms with Crippen molar-refractivity contribution in [3.8, 4) is 0 Å². The molecule has 19 heavy (non-hydrogen) atoms. The van der Waals surface area contributed by atoms with Gasteiger partial charge in [-0.15, -0.1) is 11.8 Å². The molecular formula is C16H23NOS. The second-order valence-corrected chi connectivity index (χ2v) is 6.55. The number of thioether (sulfide) groups is 1. The van der Waals surface area contributed by atoms with Crippen LogP contribution in [0.15, 0.2) is 24.3 Å². The first-order chi connectivity index (χ1) is 9.15. The number of nitrogens with zero attached hydrogens (tertiary/aromatic N) is 1. The maximum absolute atomic E-state index is 12.1. The molecule has 1 heterocycles. The molecule has 1 aliphatic heterocycles. The van der Waals surface area contributed by atoms with Gasteiger partial charge in [-0.1, -0.05) is 36.8 Å². The van der Waals surface area contributed by atoms with Gasteiger partial charge < -0.3 is 4.90 Å². The molecule has 1 saturated heterocycles. The van der Waals surface area contributed by atoms with Crippen LogP contribution in [-0.2, 0) is 10.5 Å². The summed E-state index contributed by atoms with van der Waals surface area (Å²) in [5.74, 6) is 2.51. The third-order valence-electron chi connectivity index (χ3n) is 3.62. The van der Waals surface area contributed by atoms with E-state index in [4.69, 9.17) is 0 Å². The highest BCUT2D eigenvalue weighted by Crippen LogP contribution is 2.18. The van der Waals surface area contributed by atoms with E-state index in [1.165, 1.54) is 17.5 Å². The van der Waals surface area contributed by atoms with Crippen molar-refractivity contribution in [2.75, 3.05) is 18.8 Å². The molecule has 0 radical (unpaired) electrons. The minimum Gasteiger partial charge on any atom is -0.342 e. The van der Waals surface area contributed by atoms with E-state index in [2.05, 4.69) is 38.1 Å². The summed E-state index contributed by atoms with van der Waals surface area (Å²) in [6.07, 6.45) is 2.43. The highest BCUT2D eigenvalue weighted by atomic mass is 32.2. The monoisotopic (exact) mass is 277 g/mol. The zero-order valence-corrected chi connectivity index (χ0v) is 12.7. The Morgan fingerprint density at radius 2 is 2.11 bits per heavy atom. The normalized spacial score (nSPS) is 19.5. The molecule has 104 valence electrons. The summed E-state index contributed by atoms with van der Waals surface area (Å²) in [4.78, 5) is 14.1. The molecule has 0 saturated carbocycles. The number of aryl methyl sites for hydroxylation is 1. The number of carbonyl (C=O) groups excluding carboxylic acids is 1. The molecule has 1 fully saturated rings. The lowest BCUT2D eigenvalue weighted by atomic mass is 10.0. The highest BCUT2D eigenvalue weighted by molar-refractivity contribution is 7.99. The fourth-order valence-corrected chi connectivity index (χ4v) is 3.34. The number of amides is 1. The first-order valence-electron chi connectivity index (χ1n) is 7.06. The maximum Gasteiger partial charge on any atom is 0.232 e. The Kier molecular flexibility index (Phi) is 5.32. The van der Waals surface area contributed by atoms with Gasteiger partial charge in [0.15, 0.2) is 0 Å². The van der Waals surface area contributed by atoms with E-state index in [1.807, 2.05) is 4.90 Å².